The molecule has 0 fully saturated rings. The number of aryl methyl sites for hydroxylation is 1. The first-order valence-corrected chi connectivity index (χ1v) is 6.17. The Kier molecular flexibility index (Phi) is 2.74. The third-order valence-corrected chi connectivity index (χ3v) is 3.40. The molecule has 2 heterocycles. The maximum atomic E-state index is 11.3. The van der Waals surface area contributed by atoms with E-state index in [1.165, 1.54) is 0 Å². The second-order valence-electron chi connectivity index (χ2n) is 5.66. The molecule has 0 radical (unpaired) electrons. The van der Waals surface area contributed by atoms with Crippen LogP contribution in [-0.2, 0) is 22.4 Å². The quantitative estimate of drug-likeness (QED) is 0.875. The molecule has 1 aliphatic heterocycles. The van der Waals surface area contributed by atoms with E-state index in [4.69, 9.17) is 4.74 Å². The van der Waals surface area contributed by atoms with Crippen molar-refractivity contribution in [3.63, 3.8) is 0 Å². The Morgan fingerprint density at radius 1 is 1.33 bits per heavy atom. The second-order valence-corrected chi connectivity index (χ2v) is 5.66. The standard InChI is InChI=1S/C14H19NO3/c1-6-10-8(12(16)17)7-9-11(15-10)14(4,5)18-13(9,2)3/h7H,6H2,1-5H3,(H,16,17). The Labute approximate surface area is 107 Å². The van der Waals surface area contributed by atoms with Crippen molar-refractivity contribution in [2.24, 2.45) is 0 Å². The van der Waals surface area contributed by atoms with Crippen molar-refractivity contribution in [2.45, 2.75) is 52.2 Å². The van der Waals surface area contributed by atoms with E-state index in [1.807, 2.05) is 34.6 Å². The topological polar surface area (TPSA) is 59.4 Å². The van der Waals surface area contributed by atoms with Crippen molar-refractivity contribution in [2.75, 3.05) is 0 Å². The van der Waals surface area contributed by atoms with Gasteiger partial charge in [-0.3, -0.25) is 4.98 Å². The Morgan fingerprint density at radius 3 is 2.44 bits per heavy atom. The third kappa shape index (κ3) is 1.81. The van der Waals surface area contributed by atoms with Crippen LogP contribution >= 0.6 is 0 Å². The van der Waals surface area contributed by atoms with E-state index in [0.717, 1.165) is 11.3 Å². The summed E-state index contributed by atoms with van der Waals surface area (Å²) in [5.41, 5.74) is 1.67. The predicted molar refractivity (Wildman–Crippen MR) is 67.7 cm³/mol. The van der Waals surface area contributed by atoms with Crippen LogP contribution in [0.15, 0.2) is 6.07 Å². The molecule has 4 nitrogen and oxygen atoms in total. The van der Waals surface area contributed by atoms with Crippen molar-refractivity contribution in [1.82, 2.24) is 4.98 Å². The minimum Gasteiger partial charge on any atom is -0.478 e. The summed E-state index contributed by atoms with van der Waals surface area (Å²) in [6.07, 6.45) is 0.603. The Bertz CT molecular complexity index is 518. The lowest BCUT2D eigenvalue weighted by atomic mass is 9.92. The highest BCUT2D eigenvalue weighted by Gasteiger charge is 2.45. The number of carbonyl (C=O) groups is 1. The summed E-state index contributed by atoms with van der Waals surface area (Å²) >= 11 is 0. The van der Waals surface area contributed by atoms with E-state index in [-0.39, 0.29) is 5.56 Å². The summed E-state index contributed by atoms with van der Waals surface area (Å²) < 4.78 is 5.99. The third-order valence-electron chi connectivity index (χ3n) is 3.40. The molecule has 0 aliphatic carbocycles. The van der Waals surface area contributed by atoms with E-state index in [0.29, 0.717) is 12.1 Å². The molecule has 4 heteroatoms. The molecule has 2 rings (SSSR count). The van der Waals surface area contributed by atoms with Gasteiger partial charge in [-0.05, 0) is 40.2 Å². The number of nitrogens with zero attached hydrogens (tertiary/aromatic N) is 1. The fourth-order valence-corrected chi connectivity index (χ4v) is 2.67. The highest BCUT2D eigenvalue weighted by Crippen LogP contribution is 2.46. The summed E-state index contributed by atoms with van der Waals surface area (Å²) in [4.78, 5) is 15.8. The molecule has 0 amide bonds. The van der Waals surface area contributed by atoms with Gasteiger partial charge in [-0.2, -0.15) is 0 Å². The van der Waals surface area contributed by atoms with Gasteiger partial charge in [0.1, 0.15) is 5.60 Å². The van der Waals surface area contributed by atoms with E-state index in [2.05, 4.69) is 4.98 Å². The number of carboxylic acid groups (broad SMARTS) is 1. The molecule has 0 aromatic carbocycles. The van der Waals surface area contributed by atoms with Gasteiger partial charge >= 0.3 is 5.97 Å². The molecular weight excluding hydrogens is 230 g/mol. The van der Waals surface area contributed by atoms with Crippen molar-refractivity contribution in [3.05, 3.63) is 28.6 Å². The van der Waals surface area contributed by atoms with Crippen molar-refractivity contribution in [1.29, 1.82) is 0 Å². The van der Waals surface area contributed by atoms with Crippen LogP contribution in [0.25, 0.3) is 0 Å². The monoisotopic (exact) mass is 249 g/mol. The zero-order valence-electron chi connectivity index (χ0n) is 11.5. The number of carboxylic acids is 1. The zero-order chi connectivity index (χ0) is 13.7. The molecule has 0 saturated heterocycles. The van der Waals surface area contributed by atoms with Gasteiger partial charge in [0.25, 0.3) is 0 Å². The van der Waals surface area contributed by atoms with Crippen LogP contribution in [0.4, 0.5) is 0 Å². The normalized spacial score (nSPS) is 19.6. The van der Waals surface area contributed by atoms with Crippen molar-refractivity contribution in [3.8, 4) is 0 Å². The summed E-state index contributed by atoms with van der Waals surface area (Å²) in [6.45, 7) is 9.73. The molecule has 1 aromatic heterocycles. The first-order chi connectivity index (χ1) is 8.19. The summed E-state index contributed by atoms with van der Waals surface area (Å²) in [6, 6.07) is 1.72. The average Bonchev–Trinajstić information content (AvgIpc) is 2.42. The van der Waals surface area contributed by atoms with Gasteiger partial charge < -0.3 is 9.84 Å². The number of aromatic carboxylic acids is 1. The lowest BCUT2D eigenvalue weighted by Gasteiger charge is -2.24. The van der Waals surface area contributed by atoms with Crippen LogP contribution in [-0.4, -0.2) is 16.1 Å². The van der Waals surface area contributed by atoms with Crippen LogP contribution in [0.5, 0.6) is 0 Å². The lowest BCUT2D eigenvalue weighted by molar-refractivity contribution is -0.106. The smallest absolute Gasteiger partial charge is 0.337 e. The fourth-order valence-electron chi connectivity index (χ4n) is 2.67. The molecule has 0 unspecified atom stereocenters. The summed E-state index contributed by atoms with van der Waals surface area (Å²) in [5.74, 6) is -0.928. The Morgan fingerprint density at radius 2 is 1.94 bits per heavy atom. The van der Waals surface area contributed by atoms with Gasteiger partial charge in [-0.25, -0.2) is 4.79 Å². The average molecular weight is 249 g/mol. The number of hydrogen-bond acceptors (Lipinski definition) is 3. The maximum Gasteiger partial charge on any atom is 0.337 e. The summed E-state index contributed by atoms with van der Waals surface area (Å²) in [5, 5.41) is 9.25. The van der Waals surface area contributed by atoms with E-state index < -0.39 is 17.2 Å². The molecule has 0 atom stereocenters. The molecule has 0 spiro atoms. The SMILES string of the molecule is CCc1nc2c(cc1C(=O)O)C(C)(C)OC2(C)C. The number of ether oxygens (including phenoxy) is 1. The number of hydrogen-bond donors (Lipinski definition) is 1. The minimum atomic E-state index is -0.928. The van der Waals surface area contributed by atoms with Crippen molar-refractivity contribution < 1.29 is 14.6 Å². The first kappa shape index (κ1) is 13.0. The van der Waals surface area contributed by atoms with Gasteiger partial charge in [0.15, 0.2) is 0 Å². The highest BCUT2D eigenvalue weighted by atomic mass is 16.5. The van der Waals surface area contributed by atoms with Gasteiger partial charge in [0.05, 0.1) is 22.6 Å². The molecule has 18 heavy (non-hydrogen) atoms. The fraction of sp³-hybridized carbons (Fsp3) is 0.571. The molecule has 0 bridgehead atoms. The van der Waals surface area contributed by atoms with Crippen molar-refractivity contribution >= 4 is 5.97 Å². The van der Waals surface area contributed by atoms with E-state index in [9.17, 15) is 9.90 Å². The van der Waals surface area contributed by atoms with Crippen LogP contribution in [0.2, 0.25) is 0 Å². The van der Waals surface area contributed by atoms with Gasteiger partial charge in [0, 0.05) is 5.56 Å². The molecule has 98 valence electrons. The van der Waals surface area contributed by atoms with Gasteiger partial charge in [-0.15, -0.1) is 0 Å². The minimum absolute atomic E-state index is 0.283. The highest BCUT2D eigenvalue weighted by molar-refractivity contribution is 5.89. The molecular formula is C14H19NO3. The number of rotatable bonds is 2. The first-order valence-electron chi connectivity index (χ1n) is 6.17. The number of aromatic nitrogens is 1. The zero-order valence-corrected chi connectivity index (χ0v) is 11.5. The number of fused-ring (bicyclic) bond motifs is 1. The van der Waals surface area contributed by atoms with Gasteiger partial charge in [-0.1, -0.05) is 6.92 Å². The Balaban J connectivity index is 2.72. The molecule has 1 aromatic rings. The molecule has 0 saturated carbocycles. The Hall–Kier alpha value is -1.42. The van der Waals surface area contributed by atoms with E-state index in [1.54, 1.807) is 6.07 Å². The predicted octanol–water partition coefficient (Wildman–Crippen LogP) is 2.84. The molecule has 1 aliphatic rings. The largest absolute Gasteiger partial charge is 0.478 e. The summed E-state index contributed by atoms with van der Waals surface area (Å²) in [7, 11) is 0. The van der Waals surface area contributed by atoms with Crippen LogP contribution in [0.1, 0.15) is 61.9 Å². The number of pyridine rings is 1. The second kappa shape index (κ2) is 3.79. The van der Waals surface area contributed by atoms with Crippen LogP contribution in [0.3, 0.4) is 0 Å². The van der Waals surface area contributed by atoms with Crippen LogP contribution < -0.4 is 0 Å². The molecule has 1 N–H and O–H groups in total. The van der Waals surface area contributed by atoms with E-state index >= 15 is 0 Å². The lowest BCUT2D eigenvalue weighted by Crippen LogP contribution is -2.22. The van der Waals surface area contributed by atoms with Gasteiger partial charge in [0.2, 0.25) is 0 Å². The van der Waals surface area contributed by atoms with Crippen LogP contribution in [0, 0.1) is 0 Å². The maximum absolute atomic E-state index is 11.3.